The minimum atomic E-state index is -3.74. The van der Waals surface area contributed by atoms with Crippen LogP contribution in [0.2, 0.25) is 5.02 Å². The summed E-state index contributed by atoms with van der Waals surface area (Å²) in [6, 6.07) is 5.75. The van der Waals surface area contributed by atoms with Crippen LogP contribution in [0.1, 0.15) is 17.2 Å². The zero-order chi connectivity index (χ0) is 14.8. The summed E-state index contributed by atoms with van der Waals surface area (Å²) in [7, 11) is -3.74. The van der Waals surface area contributed by atoms with E-state index in [2.05, 4.69) is 9.71 Å². The molecule has 0 radical (unpaired) electrons. The predicted octanol–water partition coefficient (Wildman–Crippen LogP) is 1.99. The van der Waals surface area contributed by atoms with Crippen molar-refractivity contribution < 1.29 is 12.8 Å². The van der Waals surface area contributed by atoms with Crippen molar-refractivity contribution in [3.63, 3.8) is 0 Å². The fourth-order valence-corrected chi connectivity index (χ4v) is 2.76. The predicted molar refractivity (Wildman–Crippen MR) is 71.4 cm³/mol. The largest absolute Gasteiger partial charge is 0.445 e. The molecule has 2 aromatic rings. The van der Waals surface area contributed by atoms with Gasteiger partial charge in [-0.1, -0.05) is 11.6 Å². The van der Waals surface area contributed by atoms with Gasteiger partial charge >= 0.3 is 0 Å². The molecule has 0 aliphatic carbocycles. The van der Waals surface area contributed by atoms with E-state index < -0.39 is 10.0 Å². The summed E-state index contributed by atoms with van der Waals surface area (Å²) in [5, 5.41) is 8.83. The standard InChI is InChI=1S/C12H10ClN3O3S/c1-8-6-15-12(19-8)7-16-20(17,18)10-3-2-9(5-14)11(13)4-10/h2-4,6,16H,7H2,1H3. The molecule has 0 atom stereocenters. The van der Waals surface area contributed by atoms with Crippen LogP contribution in [0.25, 0.3) is 0 Å². The summed E-state index contributed by atoms with van der Waals surface area (Å²) in [4.78, 5) is 3.87. The third kappa shape index (κ3) is 3.17. The van der Waals surface area contributed by atoms with Crippen LogP contribution in [0.3, 0.4) is 0 Å². The smallest absolute Gasteiger partial charge is 0.241 e. The number of halogens is 1. The molecule has 1 aromatic carbocycles. The Bertz CT molecular complexity index is 777. The first-order chi connectivity index (χ1) is 9.42. The van der Waals surface area contributed by atoms with Crippen LogP contribution < -0.4 is 4.72 Å². The third-order valence-corrected chi connectivity index (χ3v) is 4.17. The Balaban J connectivity index is 2.18. The van der Waals surface area contributed by atoms with Gasteiger partial charge in [-0.3, -0.25) is 0 Å². The molecule has 104 valence electrons. The minimum Gasteiger partial charge on any atom is -0.445 e. The first kappa shape index (κ1) is 14.5. The van der Waals surface area contributed by atoms with Crippen LogP contribution in [0.15, 0.2) is 33.7 Å². The molecular weight excluding hydrogens is 302 g/mol. The van der Waals surface area contributed by atoms with Gasteiger partial charge in [-0.25, -0.2) is 18.1 Å². The normalized spacial score (nSPS) is 11.2. The van der Waals surface area contributed by atoms with Crippen LogP contribution in [0.5, 0.6) is 0 Å². The van der Waals surface area contributed by atoms with Gasteiger partial charge in [-0.05, 0) is 25.1 Å². The Hall–Kier alpha value is -1.88. The summed E-state index contributed by atoms with van der Waals surface area (Å²) in [6.45, 7) is 1.65. The van der Waals surface area contributed by atoms with E-state index in [1.54, 1.807) is 6.92 Å². The molecule has 0 aliphatic rings. The number of benzene rings is 1. The van der Waals surface area contributed by atoms with Gasteiger partial charge in [0.2, 0.25) is 15.9 Å². The molecule has 1 aromatic heterocycles. The van der Waals surface area contributed by atoms with Gasteiger partial charge in [-0.15, -0.1) is 0 Å². The van der Waals surface area contributed by atoms with E-state index in [1.807, 2.05) is 6.07 Å². The number of hydrogen-bond donors (Lipinski definition) is 1. The lowest BCUT2D eigenvalue weighted by Crippen LogP contribution is -2.23. The third-order valence-electron chi connectivity index (χ3n) is 2.45. The average Bonchev–Trinajstić information content (AvgIpc) is 2.82. The molecule has 0 saturated carbocycles. The van der Waals surface area contributed by atoms with Gasteiger partial charge in [0.15, 0.2) is 0 Å². The summed E-state index contributed by atoms with van der Waals surface area (Å²) in [5.74, 6) is 0.867. The van der Waals surface area contributed by atoms with Gasteiger partial charge in [-0.2, -0.15) is 5.26 Å². The number of hydrogen-bond acceptors (Lipinski definition) is 5. The number of aryl methyl sites for hydroxylation is 1. The molecule has 0 saturated heterocycles. The van der Waals surface area contributed by atoms with Crippen molar-refractivity contribution in [3.8, 4) is 6.07 Å². The van der Waals surface area contributed by atoms with Gasteiger partial charge in [0, 0.05) is 0 Å². The Morgan fingerprint density at radius 3 is 2.80 bits per heavy atom. The summed E-state index contributed by atoms with van der Waals surface area (Å²) in [6.07, 6.45) is 1.50. The molecule has 0 fully saturated rings. The van der Waals surface area contributed by atoms with Gasteiger partial charge < -0.3 is 4.42 Å². The second-order valence-electron chi connectivity index (χ2n) is 3.94. The topological polar surface area (TPSA) is 96.0 Å². The molecule has 1 heterocycles. The number of rotatable bonds is 4. The maximum Gasteiger partial charge on any atom is 0.241 e. The van der Waals surface area contributed by atoms with Crippen molar-refractivity contribution in [1.82, 2.24) is 9.71 Å². The Kier molecular flexibility index (Phi) is 4.09. The van der Waals surface area contributed by atoms with E-state index in [9.17, 15) is 8.42 Å². The van der Waals surface area contributed by atoms with Crippen molar-refractivity contribution in [2.75, 3.05) is 0 Å². The molecule has 8 heteroatoms. The van der Waals surface area contributed by atoms with Crippen molar-refractivity contribution in [2.24, 2.45) is 0 Å². The van der Waals surface area contributed by atoms with E-state index >= 15 is 0 Å². The second-order valence-corrected chi connectivity index (χ2v) is 6.12. The van der Waals surface area contributed by atoms with E-state index in [1.165, 1.54) is 24.4 Å². The van der Waals surface area contributed by atoms with Crippen LogP contribution >= 0.6 is 11.6 Å². The van der Waals surface area contributed by atoms with Crippen LogP contribution in [-0.4, -0.2) is 13.4 Å². The highest BCUT2D eigenvalue weighted by Crippen LogP contribution is 2.20. The second kappa shape index (κ2) is 5.63. The Labute approximate surface area is 121 Å². The lowest BCUT2D eigenvalue weighted by atomic mass is 10.2. The Morgan fingerprint density at radius 1 is 1.50 bits per heavy atom. The zero-order valence-corrected chi connectivity index (χ0v) is 12.0. The van der Waals surface area contributed by atoms with Crippen molar-refractivity contribution in [2.45, 2.75) is 18.4 Å². The average molecular weight is 312 g/mol. The highest BCUT2D eigenvalue weighted by atomic mass is 35.5. The minimum absolute atomic E-state index is 0.0234. The number of nitriles is 1. The van der Waals surface area contributed by atoms with E-state index in [0.717, 1.165) is 0 Å². The van der Waals surface area contributed by atoms with Gasteiger partial charge in [0.1, 0.15) is 11.8 Å². The molecule has 0 bridgehead atoms. The van der Waals surface area contributed by atoms with Crippen molar-refractivity contribution in [3.05, 3.63) is 46.6 Å². The van der Waals surface area contributed by atoms with Crippen molar-refractivity contribution in [1.29, 1.82) is 5.26 Å². The zero-order valence-electron chi connectivity index (χ0n) is 10.4. The lowest BCUT2D eigenvalue weighted by molar-refractivity contribution is 0.463. The molecule has 6 nitrogen and oxygen atoms in total. The highest BCUT2D eigenvalue weighted by Gasteiger charge is 2.16. The first-order valence-corrected chi connectivity index (χ1v) is 7.39. The van der Waals surface area contributed by atoms with E-state index in [0.29, 0.717) is 5.76 Å². The summed E-state index contributed by atoms with van der Waals surface area (Å²) >= 11 is 5.81. The van der Waals surface area contributed by atoms with Crippen LogP contribution in [0, 0.1) is 18.3 Å². The van der Waals surface area contributed by atoms with Crippen LogP contribution in [0.4, 0.5) is 0 Å². The molecule has 20 heavy (non-hydrogen) atoms. The van der Waals surface area contributed by atoms with Gasteiger partial charge in [0.05, 0.1) is 28.2 Å². The fourth-order valence-electron chi connectivity index (χ4n) is 1.48. The quantitative estimate of drug-likeness (QED) is 0.931. The molecule has 0 spiro atoms. The maximum atomic E-state index is 12.0. The summed E-state index contributed by atoms with van der Waals surface area (Å²) in [5.41, 5.74) is 0.217. The van der Waals surface area contributed by atoms with Crippen LogP contribution in [-0.2, 0) is 16.6 Å². The molecule has 2 rings (SSSR count). The van der Waals surface area contributed by atoms with E-state index in [4.69, 9.17) is 21.3 Å². The summed E-state index contributed by atoms with van der Waals surface area (Å²) < 4.78 is 31.6. The SMILES string of the molecule is Cc1cnc(CNS(=O)(=O)c2ccc(C#N)c(Cl)c2)o1. The number of nitrogens with one attached hydrogen (secondary N) is 1. The van der Waals surface area contributed by atoms with Gasteiger partial charge in [0.25, 0.3) is 0 Å². The van der Waals surface area contributed by atoms with Crippen molar-refractivity contribution >= 4 is 21.6 Å². The maximum absolute atomic E-state index is 12.0. The monoisotopic (exact) mass is 311 g/mol. The molecule has 1 N–H and O–H groups in total. The number of sulfonamides is 1. The number of oxazole rings is 1. The van der Waals surface area contributed by atoms with E-state index in [-0.39, 0.29) is 27.9 Å². The fraction of sp³-hybridized carbons (Fsp3) is 0.167. The number of aromatic nitrogens is 1. The number of nitrogens with zero attached hydrogens (tertiary/aromatic N) is 2. The molecule has 0 aliphatic heterocycles. The molecule has 0 unspecified atom stereocenters. The highest BCUT2D eigenvalue weighted by molar-refractivity contribution is 7.89. The first-order valence-electron chi connectivity index (χ1n) is 5.53. The lowest BCUT2D eigenvalue weighted by Gasteiger charge is -2.05. The molecule has 0 amide bonds. The molecular formula is C12H10ClN3O3S. The Morgan fingerprint density at radius 2 is 2.25 bits per heavy atom.